The first-order valence-corrected chi connectivity index (χ1v) is 5.08. The molecule has 0 fully saturated rings. The average Bonchev–Trinajstić information content (AvgIpc) is 2.23. The van der Waals surface area contributed by atoms with Crippen LogP contribution in [0.4, 0.5) is 5.82 Å². The lowest BCUT2D eigenvalue weighted by Crippen LogP contribution is -2.19. The van der Waals surface area contributed by atoms with Gasteiger partial charge in [-0.3, -0.25) is 9.59 Å². The third-order valence-electron chi connectivity index (χ3n) is 1.72. The molecule has 1 amide bonds. The molecule has 1 heterocycles. The van der Waals surface area contributed by atoms with Crippen LogP contribution in [0.25, 0.3) is 0 Å². The van der Waals surface area contributed by atoms with E-state index in [1.54, 1.807) is 0 Å². The van der Waals surface area contributed by atoms with Crippen molar-refractivity contribution in [3.8, 4) is 0 Å². The zero-order valence-electron chi connectivity index (χ0n) is 9.07. The van der Waals surface area contributed by atoms with Crippen molar-refractivity contribution < 1.29 is 14.3 Å². The molecule has 0 bridgehead atoms. The molecule has 17 heavy (non-hydrogen) atoms. The number of rotatable bonds is 5. The largest absolute Gasteiger partial charge is 0.464 e. The number of hydrogen-bond acceptors (Lipinski definition) is 6. The number of halogens is 1. The molecule has 0 aliphatic rings. The maximum Gasteiger partial charge on any atom is 0.302 e. The number of ether oxygens (including phenoxy) is 1. The summed E-state index contributed by atoms with van der Waals surface area (Å²) in [5.74, 6) is -0.844. The minimum atomic E-state index is -0.670. The van der Waals surface area contributed by atoms with E-state index < -0.39 is 5.91 Å². The Bertz CT molecular complexity index is 438. The first kappa shape index (κ1) is 13.2. The highest BCUT2D eigenvalue weighted by molar-refractivity contribution is 6.28. The van der Waals surface area contributed by atoms with Gasteiger partial charge in [-0.05, 0) is 11.6 Å². The Kier molecular flexibility index (Phi) is 4.65. The first-order valence-electron chi connectivity index (χ1n) is 4.70. The van der Waals surface area contributed by atoms with Crippen molar-refractivity contribution in [3.63, 3.8) is 0 Å². The molecule has 1 aromatic rings. The predicted molar refractivity (Wildman–Crippen MR) is 60.7 cm³/mol. The van der Waals surface area contributed by atoms with Crippen LogP contribution in [0.1, 0.15) is 17.3 Å². The monoisotopic (exact) mass is 258 g/mol. The standard InChI is InChI=1S/C9H11ClN4O3/c1-5(15)17-3-2-12-8-6(7(11)16)4-13-9(10)14-8/h4H,2-3H2,1H3,(H2,11,16)(H,12,13,14). The van der Waals surface area contributed by atoms with Crippen LogP contribution in [0, 0.1) is 0 Å². The summed E-state index contributed by atoms with van der Waals surface area (Å²) in [6, 6.07) is 0. The molecule has 0 aliphatic carbocycles. The maximum atomic E-state index is 11.0. The number of amides is 1. The van der Waals surface area contributed by atoms with Gasteiger partial charge in [-0.25, -0.2) is 4.98 Å². The van der Waals surface area contributed by atoms with Crippen molar-refractivity contribution in [3.05, 3.63) is 17.0 Å². The summed E-state index contributed by atoms with van der Waals surface area (Å²) in [7, 11) is 0. The Morgan fingerprint density at radius 3 is 2.88 bits per heavy atom. The molecule has 0 atom stereocenters. The van der Waals surface area contributed by atoms with Crippen LogP contribution in [0.3, 0.4) is 0 Å². The molecule has 92 valence electrons. The highest BCUT2D eigenvalue weighted by Gasteiger charge is 2.10. The summed E-state index contributed by atoms with van der Waals surface area (Å²) >= 11 is 5.59. The molecule has 0 unspecified atom stereocenters. The number of nitrogens with two attached hydrogens (primary N) is 1. The van der Waals surface area contributed by atoms with Crippen LogP contribution in [-0.2, 0) is 9.53 Å². The molecule has 1 rings (SSSR count). The number of carbonyl (C=O) groups is 2. The zero-order chi connectivity index (χ0) is 12.8. The van der Waals surface area contributed by atoms with E-state index >= 15 is 0 Å². The summed E-state index contributed by atoms with van der Waals surface area (Å²) in [5.41, 5.74) is 5.25. The normalized spacial score (nSPS) is 9.76. The summed E-state index contributed by atoms with van der Waals surface area (Å²) in [4.78, 5) is 29.0. The molecule has 3 N–H and O–H groups in total. The Morgan fingerprint density at radius 2 is 2.29 bits per heavy atom. The highest BCUT2D eigenvalue weighted by atomic mass is 35.5. The molecule has 8 heteroatoms. The van der Waals surface area contributed by atoms with Gasteiger partial charge in [0, 0.05) is 13.1 Å². The van der Waals surface area contributed by atoms with Gasteiger partial charge in [0.25, 0.3) is 5.91 Å². The van der Waals surface area contributed by atoms with Crippen LogP contribution in [0.15, 0.2) is 6.20 Å². The first-order chi connectivity index (χ1) is 8.00. The molecular weight excluding hydrogens is 248 g/mol. The van der Waals surface area contributed by atoms with Crippen molar-refractivity contribution in [2.24, 2.45) is 5.73 Å². The van der Waals surface area contributed by atoms with Gasteiger partial charge in [0.1, 0.15) is 12.4 Å². The van der Waals surface area contributed by atoms with Gasteiger partial charge in [0.15, 0.2) is 0 Å². The highest BCUT2D eigenvalue weighted by Crippen LogP contribution is 2.12. The minimum Gasteiger partial charge on any atom is -0.464 e. The average molecular weight is 259 g/mol. The molecular formula is C9H11ClN4O3. The number of carbonyl (C=O) groups excluding carboxylic acids is 2. The van der Waals surface area contributed by atoms with E-state index in [1.165, 1.54) is 13.1 Å². The predicted octanol–water partition coefficient (Wildman–Crippen LogP) is 0.204. The summed E-state index contributed by atoms with van der Waals surface area (Å²) in [6.07, 6.45) is 1.23. The number of aromatic nitrogens is 2. The molecule has 0 aromatic carbocycles. The van der Waals surface area contributed by atoms with Crippen molar-refractivity contribution >= 4 is 29.3 Å². The van der Waals surface area contributed by atoms with E-state index in [4.69, 9.17) is 22.1 Å². The lowest BCUT2D eigenvalue weighted by atomic mass is 10.3. The van der Waals surface area contributed by atoms with E-state index in [1.807, 2.05) is 0 Å². The lowest BCUT2D eigenvalue weighted by Gasteiger charge is -2.08. The van der Waals surface area contributed by atoms with Crippen molar-refractivity contribution in [1.29, 1.82) is 0 Å². The van der Waals surface area contributed by atoms with E-state index in [2.05, 4.69) is 15.3 Å². The van der Waals surface area contributed by atoms with Gasteiger partial charge < -0.3 is 15.8 Å². The zero-order valence-corrected chi connectivity index (χ0v) is 9.82. The molecule has 0 aliphatic heterocycles. The lowest BCUT2D eigenvalue weighted by molar-refractivity contribution is -0.140. The third kappa shape index (κ3) is 4.23. The quantitative estimate of drug-likeness (QED) is 0.444. The summed E-state index contributed by atoms with van der Waals surface area (Å²) < 4.78 is 4.70. The molecule has 7 nitrogen and oxygen atoms in total. The van der Waals surface area contributed by atoms with Gasteiger partial charge in [0.05, 0.1) is 12.1 Å². The topological polar surface area (TPSA) is 107 Å². The Balaban J connectivity index is 2.65. The van der Waals surface area contributed by atoms with Crippen molar-refractivity contribution in [2.45, 2.75) is 6.92 Å². The van der Waals surface area contributed by atoms with Gasteiger partial charge in [-0.2, -0.15) is 4.98 Å². The van der Waals surface area contributed by atoms with E-state index in [0.29, 0.717) is 0 Å². The number of hydrogen-bond donors (Lipinski definition) is 2. The van der Waals surface area contributed by atoms with Gasteiger partial charge >= 0.3 is 5.97 Å². The second kappa shape index (κ2) is 6.00. The number of nitrogens with zero attached hydrogens (tertiary/aromatic N) is 2. The Hall–Kier alpha value is -1.89. The number of nitrogens with one attached hydrogen (secondary N) is 1. The number of esters is 1. The molecule has 0 spiro atoms. The summed E-state index contributed by atoms with van der Waals surface area (Å²) in [6.45, 7) is 1.73. The van der Waals surface area contributed by atoms with Gasteiger partial charge in [-0.1, -0.05) is 0 Å². The second-order valence-electron chi connectivity index (χ2n) is 3.03. The molecule has 0 saturated heterocycles. The van der Waals surface area contributed by atoms with E-state index in [9.17, 15) is 9.59 Å². The van der Waals surface area contributed by atoms with Crippen LogP contribution < -0.4 is 11.1 Å². The van der Waals surface area contributed by atoms with Crippen LogP contribution in [0.2, 0.25) is 5.28 Å². The fourth-order valence-corrected chi connectivity index (χ4v) is 1.17. The third-order valence-corrected chi connectivity index (χ3v) is 1.91. The number of anilines is 1. The van der Waals surface area contributed by atoms with E-state index in [0.717, 1.165) is 0 Å². The fraction of sp³-hybridized carbons (Fsp3) is 0.333. The van der Waals surface area contributed by atoms with Crippen LogP contribution in [-0.4, -0.2) is 35.0 Å². The van der Waals surface area contributed by atoms with Gasteiger partial charge in [-0.15, -0.1) is 0 Å². The van der Waals surface area contributed by atoms with Crippen LogP contribution >= 0.6 is 11.6 Å². The fourth-order valence-electron chi connectivity index (χ4n) is 1.04. The number of primary amides is 1. The van der Waals surface area contributed by atoms with E-state index in [-0.39, 0.29) is 35.8 Å². The molecule has 0 radical (unpaired) electrons. The van der Waals surface area contributed by atoms with Crippen LogP contribution in [0.5, 0.6) is 0 Å². The maximum absolute atomic E-state index is 11.0. The Labute approximate surface area is 102 Å². The second-order valence-corrected chi connectivity index (χ2v) is 3.37. The smallest absolute Gasteiger partial charge is 0.302 e. The van der Waals surface area contributed by atoms with Gasteiger partial charge in [0.2, 0.25) is 5.28 Å². The minimum absolute atomic E-state index is 0.00927. The summed E-state index contributed by atoms with van der Waals surface area (Å²) in [5, 5.41) is 2.77. The molecule has 1 aromatic heterocycles. The molecule has 0 saturated carbocycles. The SMILES string of the molecule is CC(=O)OCCNc1nc(Cl)ncc1C(N)=O. The van der Waals surface area contributed by atoms with Crippen molar-refractivity contribution in [2.75, 3.05) is 18.5 Å². The Morgan fingerprint density at radius 1 is 1.59 bits per heavy atom. The van der Waals surface area contributed by atoms with Crippen molar-refractivity contribution in [1.82, 2.24) is 9.97 Å².